The lowest BCUT2D eigenvalue weighted by atomic mass is 9.87. The lowest BCUT2D eigenvalue weighted by Crippen LogP contribution is -2.50. The normalized spacial score (nSPS) is 30.2. The van der Waals surface area contributed by atoms with Crippen LogP contribution in [0.3, 0.4) is 0 Å². The molecule has 1 amide bonds. The summed E-state index contributed by atoms with van der Waals surface area (Å²) in [6.45, 7) is 9.33. The fraction of sp³-hybridized carbons (Fsp3) is 0.938. The minimum absolute atomic E-state index is 0.236. The van der Waals surface area contributed by atoms with Crippen molar-refractivity contribution in [3.63, 3.8) is 0 Å². The van der Waals surface area contributed by atoms with Crippen molar-refractivity contribution in [1.82, 2.24) is 9.80 Å². The van der Waals surface area contributed by atoms with Crippen LogP contribution >= 0.6 is 0 Å². The molecule has 0 aromatic carbocycles. The average Bonchev–Trinajstić information content (AvgIpc) is 2.48. The predicted octanol–water partition coefficient (Wildman–Crippen LogP) is 1.69. The van der Waals surface area contributed by atoms with Crippen molar-refractivity contribution in [3.05, 3.63) is 0 Å². The summed E-state index contributed by atoms with van der Waals surface area (Å²) in [6, 6.07) is 0.236. The van der Waals surface area contributed by atoms with Crippen LogP contribution in [0.15, 0.2) is 0 Å². The van der Waals surface area contributed by atoms with Crippen LogP contribution < -0.4 is 5.73 Å². The van der Waals surface area contributed by atoms with Gasteiger partial charge in [-0.3, -0.25) is 9.69 Å². The fourth-order valence-electron chi connectivity index (χ4n) is 3.46. The van der Waals surface area contributed by atoms with Crippen LogP contribution in [0.1, 0.15) is 46.0 Å². The first-order chi connectivity index (χ1) is 9.61. The van der Waals surface area contributed by atoms with Gasteiger partial charge in [0.05, 0.1) is 0 Å². The second-order valence-corrected chi connectivity index (χ2v) is 6.77. The van der Waals surface area contributed by atoms with E-state index in [1.54, 1.807) is 0 Å². The molecule has 20 heavy (non-hydrogen) atoms. The SMILES string of the molecule is CC1CCN(C(CN)CC(=O)N2CCCCC2)CC1C. The van der Waals surface area contributed by atoms with E-state index in [9.17, 15) is 4.79 Å². The standard InChI is InChI=1S/C16H31N3O/c1-13-6-9-19(12-14(13)2)15(11-17)10-16(20)18-7-4-3-5-8-18/h13-15H,3-12,17H2,1-2H3. The zero-order valence-electron chi connectivity index (χ0n) is 13.2. The summed E-state index contributed by atoms with van der Waals surface area (Å²) in [6.07, 6.45) is 5.44. The van der Waals surface area contributed by atoms with Crippen molar-refractivity contribution in [2.24, 2.45) is 17.6 Å². The monoisotopic (exact) mass is 281 g/mol. The molecule has 3 unspecified atom stereocenters. The number of piperidine rings is 2. The van der Waals surface area contributed by atoms with Crippen LogP contribution in [0.25, 0.3) is 0 Å². The zero-order chi connectivity index (χ0) is 14.5. The number of rotatable bonds is 4. The van der Waals surface area contributed by atoms with Gasteiger partial charge in [0.25, 0.3) is 0 Å². The van der Waals surface area contributed by atoms with E-state index in [2.05, 4.69) is 18.7 Å². The topological polar surface area (TPSA) is 49.6 Å². The Hall–Kier alpha value is -0.610. The number of nitrogens with two attached hydrogens (primary N) is 1. The summed E-state index contributed by atoms with van der Waals surface area (Å²) < 4.78 is 0. The molecule has 0 aromatic rings. The first-order valence-corrected chi connectivity index (χ1v) is 8.33. The minimum atomic E-state index is 0.236. The first kappa shape index (κ1) is 15.8. The van der Waals surface area contributed by atoms with Gasteiger partial charge in [-0.05, 0) is 44.1 Å². The second-order valence-electron chi connectivity index (χ2n) is 6.77. The molecule has 116 valence electrons. The van der Waals surface area contributed by atoms with E-state index in [-0.39, 0.29) is 6.04 Å². The van der Waals surface area contributed by atoms with Crippen LogP contribution in [-0.2, 0) is 4.79 Å². The van der Waals surface area contributed by atoms with Gasteiger partial charge in [-0.25, -0.2) is 0 Å². The molecule has 0 spiro atoms. The maximum absolute atomic E-state index is 12.4. The highest BCUT2D eigenvalue weighted by molar-refractivity contribution is 5.77. The molecule has 2 saturated heterocycles. The number of hydrogen-bond donors (Lipinski definition) is 1. The number of nitrogens with zero attached hydrogens (tertiary/aromatic N) is 2. The highest BCUT2D eigenvalue weighted by Crippen LogP contribution is 2.24. The van der Waals surface area contributed by atoms with Crippen LogP contribution in [0.2, 0.25) is 0 Å². The van der Waals surface area contributed by atoms with E-state index >= 15 is 0 Å². The van der Waals surface area contributed by atoms with Gasteiger partial charge in [-0.15, -0.1) is 0 Å². The lowest BCUT2D eigenvalue weighted by molar-refractivity contribution is -0.133. The smallest absolute Gasteiger partial charge is 0.224 e. The number of likely N-dealkylation sites (tertiary alicyclic amines) is 2. The Bertz CT molecular complexity index is 315. The van der Waals surface area contributed by atoms with Gasteiger partial charge >= 0.3 is 0 Å². The molecule has 0 bridgehead atoms. The molecule has 0 saturated carbocycles. The van der Waals surface area contributed by atoms with Gasteiger partial charge in [0.1, 0.15) is 0 Å². The van der Waals surface area contributed by atoms with Crippen LogP contribution in [0.4, 0.5) is 0 Å². The Balaban J connectivity index is 1.86. The molecule has 2 fully saturated rings. The van der Waals surface area contributed by atoms with E-state index < -0.39 is 0 Å². The Morgan fingerprint density at radius 2 is 1.85 bits per heavy atom. The minimum Gasteiger partial charge on any atom is -0.343 e. The Morgan fingerprint density at radius 1 is 1.15 bits per heavy atom. The molecule has 3 atom stereocenters. The van der Waals surface area contributed by atoms with Crippen LogP contribution in [-0.4, -0.2) is 54.5 Å². The van der Waals surface area contributed by atoms with Crippen molar-refractivity contribution in [2.45, 2.75) is 52.0 Å². The Labute approximate surface area is 123 Å². The van der Waals surface area contributed by atoms with Gasteiger partial charge in [0, 0.05) is 38.6 Å². The molecule has 0 aliphatic carbocycles. The quantitative estimate of drug-likeness (QED) is 0.853. The fourth-order valence-corrected chi connectivity index (χ4v) is 3.46. The summed E-state index contributed by atoms with van der Waals surface area (Å²) in [5.74, 6) is 1.82. The summed E-state index contributed by atoms with van der Waals surface area (Å²) in [7, 11) is 0. The van der Waals surface area contributed by atoms with Crippen LogP contribution in [0, 0.1) is 11.8 Å². The van der Waals surface area contributed by atoms with Gasteiger partial charge < -0.3 is 10.6 Å². The van der Waals surface area contributed by atoms with Crippen molar-refractivity contribution >= 4 is 5.91 Å². The zero-order valence-corrected chi connectivity index (χ0v) is 13.2. The molecule has 0 radical (unpaired) electrons. The summed E-state index contributed by atoms with van der Waals surface area (Å²) in [5.41, 5.74) is 5.95. The van der Waals surface area contributed by atoms with Gasteiger partial charge in [0.15, 0.2) is 0 Å². The molecule has 2 N–H and O–H groups in total. The largest absolute Gasteiger partial charge is 0.343 e. The van der Waals surface area contributed by atoms with E-state index in [4.69, 9.17) is 5.73 Å². The van der Waals surface area contributed by atoms with Gasteiger partial charge in [-0.1, -0.05) is 13.8 Å². The predicted molar refractivity (Wildman–Crippen MR) is 82.4 cm³/mol. The lowest BCUT2D eigenvalue weighted by Gasteiger charge is -2.40. The Kier molecular flexibility index (Phi) is 5.85. The summed E-state index contributed by atoms with van der Waals surface area (Å²) in [5, 5.41) is 0. The van der Waals surface area contributed by atoms with Crippen molar-refractivity contribution < 1.29 is 4.79 Å². The van der Waals surface area contributed by atoms with Gasteiger partial charge in [0.2, 0.25) is 5.91 Å². The molecule has 2 aliphatic heterocycles. The maximum Gasteiger partial charge on any atom is 0.224 e. The third-order valence-electron chi connectivity index (χ3n) is 5.27. The van der Waals surface area contributed by atoms with E-state index in [0.29, 0.717) is 24.8 Å². The molecule has 2 aliphatic rings. The second kappa shape index (κ2) is 7.41. The van der Waals surface area contributed by atoms with Crippen LogP contribution in [0.5, 0.6) is 0 Å². The van der Waals surface area contributed by atoms with Crippen molar-refractivity contribution in [1.29, 1.82) is 0 Å². The van der Waals surface area contributed by atoms with Crippen molar-refractivity contribution in [2.75, 3.05) is 32.7 Å². The molecule has 0 aromatic heterocycles. The molecule has 4 nitrogen and oxygen atoms in total. The summed E-state index contributed by atoms with van der Waals surface area (Å²) in [4.78, 5) is 16.9. The molecule has 2 rings (SSSR count). The third-order valence-corrected chi connectivity index (χ3v) is 5.27. The van der Waals surface area contributed by atoms with Crippen molar-refractivity contribution in [3.8, 4) is 0 Å². The van der Waals surface area contributed by atoms with E-state index in [0.717, 1.165) is 44.9 Å². The average molecular weight is 281 g/mol. The molecular formula is C16H31N3O. The van der Waals surface area contributed by atoms with Gasteiger partial charge in [-0.2, -0.15) is 0 Å². The Morgan fingerprint density at radius 3 is 2.45 bits per heavy atom. The number of carbonyl (C=O) groups excluding carboxylic acids is 1. The van der Waals surface area contributed by atoms with E-state index in [1.165, 1.54) is 12.8 Å². The highest BCUT2D eigenvalue weighted by atomic mass is 16.2. The molecular weight excluding hydrogens is 250 g/mol. The molecule has 2 heterocycles. The third kappa shape index (κ3) is 3.95. The number of carbonyl (C=O) groups is 1. The molecule has 4 heteroatoms. The first-order valence-electron chi connectivity index (χ1n) is 8.33. The number of hydrogen-bond acceptors (Lipinski definition) is 3. The summed E-state index contributed by atoms with van der Waals surface area (Å²) >= 11 is 0. The maximum atomic E-state index is 12.4. The van der Waals surface area contributed by atoms with E-state index in [1.807, 2.05) is 4.90 Å². The highest BCUT2D eigenvalue weighted by Gasteiger charge is 2.29. The number of amides is 1.